The van der Waals surface area contributed by atoms with E-state index in [4.69, 9.17) is 0 Å². The van der Waals surface area contributed by atoms with Gasteiger partial charge in [-0.05, 0) is 17.5 Å². The molecule has 1 aliphatic rings. The van der Waals surface area contributed by atoms with E-state index >= 15 is 0 Å². The third-order valence-electron chi connectivity index (χ3n) is 4.55. The Bertz CT molecular complexity index is 624. The van der Waals surface area contributed by atoms with Crippen LogP contribution in [-0.4, -0.2) is 10.9 Å². The predicted octanol–water partition coefficient (Wildman–Crippen LogP) is 4.32. The van der Waals surface area contributed by atoms with E-state index in [2.05, 4.69) is 65.9 Å². The molecule has 0 aromatic heterocycles. The summed E-state index contributed by atoms with van der Waals surface area (Å²) in [5, 5.41) is 16.9. The van der Waals surface area contributed by atoms with Crippen molar-refractivity contribution in [2.24, 2.45) is 11.1 Å². The third-order valence-corrected chi connectivity index (χ3v) is 4.55. The number of benzene rings is 2. The highest BCUT2D eigenvalue weighted by molar-refractivity contribution is 5.88. The number of nitrogens with one attached hydrogen (secondary N) is 1. The number of piperidine rings is 1. The summed E-state index contributed by atoms with van der Waals surface area (Å²) in [5.41, 5.74) is 3.37. The van der Waals surface area contributed by atoms with Crippen LogP contribution in [0.1, 0.15) is 43.0 Å². The SMILES string of the molecule is CC[C@H]1/C(=N/O)C[C@@H](c2ccccc2)N[C@H]1c1ccccc1. The van der Waals surface area contributed by atoms with Gasteiger partial charge in [-0.1, -0.05) is 72.7 Å². The summed E-state index contributed by atoms with van der Waals surface area (Å²) in [7, 11) is 0. The van der Waals surface area contributed by atoms with Gasteiger partial charge in [-0.2, -0.15) is 0 Å². The van der Waals surface area contributed by atoms with E-state index in [0.717, 1.165) is 18.6 Å². The Morgan fingerprint density at radius 3 is 2.14 bits per heavy atom. The number of hydrogen-bond donors (Lipinski definition) is 2. The molecule has 0 saturated carbocycles. The molecule has 2 aromatic carbocycles. The van der Waals surface area contributed by atoms with Crippen LogP contribution in [0.2, 0.25) is 0 Å². The Balaban J connectivity index is 1.95. The lowest BCUT2D eigenvalue weighted by molar-refractivity contribution is 0.287. The van der Waals surface area contributed by atoms with Crippen molar-refractivity contribution >= 4 is 5.71 Å². The maximum atomic E-state index is 9.48. The Hall–Kier alpha value is -2.13. The van der Waals surface area contributed by atoms with Gasteiger partial charge in [-0.25, -0.2) is 0 Å². The van der Waals surface area contributed by atoms with E-state index in [9.17, 15) is 5.21 Å². The smallest absolute Gasteiger partial charge is 0.0639 e. The molecule has 0 bridgehead atoms. The molecule has 1 saturated heterocycles. The lowest BCUT2D eigenvalue weighted by Crippen LogP contribution is -2.42. The minimum Gasteiger partial charge on any atom is -0.411 e. The number of nitrogens with zero attached hydrogens (tertiary/aromatic N) is 1. The van der Waals surface area contributed by atoms with Crippen LogP contribution in [-0.2, 0) is 0 Å². The van der Waals surface area contributed by atoms with Gasteiger partial charge in [0.2, 0.25) is 0 Å². The third kappa shape index (κ3) is 2.90. The summed E-state index contributed by atoms with van der Waals surface area (Å²) in [6.07, 6.45) is 1.70. The van der Waals surface area contributed by atoms with Crippen molar-refractivity contribution in [3.05, 3.63) is 71.8 Å². The van der Waals surface area contributed by atoms with Gasteiger partial charge in [0, 0.05) is 24.4 Å². The Labute approximate surface area is 131 Å². The highest BCUT2D eigenvalue weighted by Gasteiger charge is 2.35. The Kier molecular flexibility index (Phi) is 4.54. The maximum Gasteiger partial charge on any atom is 0.0639 e. The van der Waals surface area contributed by atoms with Crippen LogP contribution < -0.4 is 5.32 Å². The topological polar surface area (TPSA) is 44.6 Å². The van der Waals surface area contributed by atoms with Crippen molar-refractivity contribution in [2.75, 3.05) is 0 Å². The van der Waals surface area contributed by atoms with E-state index in [-0.39, 0.29) is 18.0 Å². The van der Waals surface area contributed by atoms with Gasteiger partial charge in [0.05, 0.1) is 5.71 Å². The summed E-state index contributed by atoms with van der Waals surface area (Å²) in [6.45, 7) is 2.15. The second-order valence-corrected chi connectivity index (χ2v) is 5.83. The zero-order valence-corrected chi connectivity index (χ0v) is 12.8. The molecule has 0 aliphatic carbocycles. The quantitative estimate of drug-likeness (QED) is 0.654. The van der Waals surface area contributed by atoms with Crippen LogP contribution >= 0.6 is 0 Å². The Morgan fingerprint density at radius 2 is 1.59 bits per heavy atom. The first kappa shape index (κ1) is 14.8. The summed E-state index contributed by atoms with van der Waals surface area (Å²) in [6, 6.07) is 21.2. The summed E-state index contributed by atoms with van der Waals surface area (Å²) in [4.78, 5) is 0. The number of oxime groups is 1. The molecule has 1 aliphatic heterocycles. The van der Waals surface area contributed by atoms with Crippen molar-refractivity contribution in [3.8, 4) is 0 Å². The summed E-state index contributed by atoms with van der Waals surface area (Å²) >= 11 is 0. The molecule has 3 rings (SSSR count). The first-order valence-corrected chi connectivity index (χ1v) is 7.90. The minimum atomic E-state index is 0.177. The molecular weight excluding hydrogens is 272 g/mol. The van der Waals surface area contributed by atoms with Crippen LogP contribution in [0.15, 0.2) is 65.8 Å². The molecule has 2 aromatic rings. The van der Waals surface area contributed by atoms with Crippen LogP contribution in [0.4, 0.5) is 0 Å². The molecule has 114 valence electrons. The highest BCUT2D eigenvalue weighted by atomic mass is 16.4. The number of rotatable bonds is 3. The predicted molar refractivity (Wildman–Crippen MR) is 89.1 cm³/mol. The summed E-state index contributed by atoms with van der Waals surface area (Å²) < 4.78 is 0. The maximum absolute atomic E-state index is 9.48. The van der Waals surface area contributed by atoms with Crippen LogP contribution in [0, 0.1) is 5.92 Å². The van der Waals surface area contributed by atoms with E-state index in [1.165, 1.54) is 11.1 Å². The average molecular weight is 294 g/mol. The van der Waals surface area contributed by atoms with Gasteiger partial charge < -0.3 is 10.5 Å². The Morgan fingerprint density at radius 1 is 1.00 bits per heavy atom. The van der Waals surface area contributed by atoms with Gasteiger partial charge >= 0.3 is 0 Å². The second kappa shape index (κ2) is 6.75. The fraction of sp³-hybridized carbons (Fsp3) is 0.316. The minimum absolute atomic E-state index is 0.177. The zero-order chi connectivity index (χ0) is 15.4. The van der Waals surface area contributed by atoms with E-state index in [0.29, 0.717) is 0 Å². The first-order chi connectivity index (χ1) is 10.8. The molecule has 0 spiro atoms. The van der Waals surface area contributed by atoms with Crippen LogP contribution in [0.25, 0.3) is 0 Å². The molecule has 0 radical (unpaired) electrons. The lowest BCUT2D eigenvalue weighted by atomic mass is 9.79. The highest BCUT2D eigenvalue weighted by Crippen LogP contribution is 2.36. The van der Waals surface area contributed by atoms with E-state index in [1.807, 2.05) is 12.1 Å². The van der Waals surface area contributed by atoms with Gasteiger partial charge in [-0.15, -0.1) is 0 Å². The largest absolute Gasteiger partial charge is 0.411 e. The molecule has 3 nitrogen and oxygen atoms in total. The van der Waals surface area contributed by atoms with Crippen molar-refractivity contribution < 1.29 is 5.21 Å². The van der Waals surface area contributed by atoms with Crippen molar-refractivity contribution in [2.45, 2.75) is 31.8 Å². The molecule has 0 amide bonds. The first-order valence-electron chi connectivity index (χ1n) is 7.90. The van der Waals surface area contributed by atoms with Crippen molar-refractivity contribution in [1.82, 2.24) is 5.32 Å². The molecule has 22 heavy (non-hydrogen) atoms. The molecule has 2 N–H and O–H groups in total. The van der Waals surface area contributed by atoms with Crippen LogP contribution in [0.3, 0.4) is 0 Å². The van der Waals surface area contributed by atoms with Crippen molar-refractivity contribution in [1.29, 1.82) is 0 Å². The van der Waals surface area contributed by atoms with Crippen LogP contribution in [0.5, 0.6) is 0 Å². The fourth-order valence-electron chi connectivity index (χ4n) is 3.42. The number of hydrogen-bond acceptors (Lipinski definition) is 3. The van der Waals surface area contributed by atoms with E-state index < -0.39 is 0 Å². The summed E-state index contributed by atoms with van der Waals surface area (Å²) in [5.74, 6) is 0.229. The van der Waals surface area contributed by atoms with Gasteiger partial charge in [-0.3, -0.25) is 0 Å². The monoisotopic (exact) mass is 294 g/mol. The van der Waals surface area contributed by atoms with Gasteiger partial charge in [0.15, 0.2) is 0 Å². The molecule has 1 fully saturated rings. The van der Waals surface area contributed by atoms with Gasteiger partial charge in [0.1, 0.15) is 0 Å². The molecule has 1 heterocycles. The molecule has 3 heteroatoms. The molecule has 0 unspecified atom stereocenters. The molecular formula is C19H22N2O. The average Bonchev–Trinajstić information content (AvgIpc) is 2.62. The standard InChI is InChI=1S/C19H22N2O/c1-2-16-18(21-22)13-17(14-9-5-3-6-10-14)20-19(16)15-11-7-4-8-12-15/h3-12,16-17,19-20,22H,2,13H2,1H3/b21-18+/t16-,17-,19-/m0/s1. The van der Waals surface area contributed by atoms with Crippen molar-refractivity contribution in [3.63, 3.8) is 0 Å². The second-order valence-electron chi connectivity index (χ2n) is 5.83. The van der Waals surface area contributed by atoms with E-state index in [1.54, 1.807) is 0 Å². The fourth-order valence-corrected chi connectivity index (χ4v) is 3.42. The molecule has 3 atom stereocenters. The van der Waals surface area contributed by atoms with Gasteiger partial charge in [0.25, 0.3) is 0 Å². The lowest BCUT2D eigenvalue weighted by Gasteiger charge is -2.38. The zero-order valence-electron chi connectivity index (χ0n) is 12.8. The normalized spacial score (nSPS) is 27.0.